The molecule has 0 unspecified atom stereocenters. The molecule has 0 aliphatic heterocycles. The highest BCUT2D eigenvalue weighted by Gasteiger charge is 2.22. The summed E-state index contributed by atoms with van der Waals surface area (Å²) >= 11 is 0. The highest BCUT2D eigenvalue weighted by atomic mass is 32.2. The molecule has 1 aliphatic rings. The van der Waals surface area contributed by atoms with Crippen molar-refractivity contribution in [2.75, 3.05) is 11.9 Å². The van der Waals surface area contributed by atoms with Gasteiger partial charge in [0.15, 0.2) is 0 Å². The molecule has 1 atom stereocenters. The first kappa shape index (κ1) is 20.5. The lowest BCUT2D eigenvalue weighted by molar-refractivity contribution is 0.0696. The van der Waals surface area contributed by atoms with Crippen molar-refractivity contribution in [3.05, 3.63) is 35.4 Å². The zero-order valence-corrected chi connectivity index (χ0v) is 16.2. The number of sulfonamides is 1. The largest absolute Gasteiger partial charge is 0.478 e. The van der Waals surface area contributed by atoms with Crippen molar-refractivity contribution in [3.63, 3.8) is 0 Å². The molecule has 0 amide bonds. The second-order valence-corrected chi connectivity index (χ2v) is 8.41. The molecule has 1 aromatic rings. The number of hydrogen-bond acceptors (Lipinski definition) is 4. The van der Waals surface area contributed by atoms with Crippen LogP contribution in [0.15, 0.2) is 34.7 Å². The molecule has 1 aromatic carbocycles. The summed E-state index contributed by atoms with van der Waals surface area (Å²) in [5, 5.41) is 12.4. The summed E-state index contributed by atoms with van der Waals surface area (Å²) in [7, 11) is -3.80. The number of anilines is 1. The van der Waals surface area contributed by atoms with Crippen LogP contribution in [0.2, 0.25) is 0 Å². The van der Waals surface area contributed by atoms with Gasteiger partial charge in [0.25, 0.3) is 0 Å². The van der Waals surface area contributed by atoms with E-state index in [1.807, 2.05) is 6.92 Å². The molecule has 0 radical (unpaired) electrons. The van der Waals surface area contributed by atoms with Crippen LogP contribution in [0, 0.1) is 0 Å². The van der Waals surface area contributed by atoms with Crippen LogP contribution in [-0.2, 0) is 10.0 Å². The molecule has 0 fully saturated rings. The summed E-state index contributed by atoms with van der Waals surface area (Å²) in [6, 6.07) is 3.94. The molecule has 26 heavy (non-hydrogen) atoms. The average Bonchev–Trinajstić information content (AvgIpc) is 2.62. The van der Waals surface area contributed by atoms with E-state index >= 15 is 0 Å². The van der Waals surface area contributed by atoms with Gasteiger partial charge >= 0.3 is 5.97 Å². The fraction of sp³-hybridized carbons (Fsp3) is 0.526. The zero-order chi connectivity index (χ0) is 19.2. The predicted molar refractivity (Wildman–Crippen MR) is 103 cm³/mol. The summed E-state index contributed by atoms with van der Waals surface area (Å²) in [6.45, 7) is 4.28. The van der Waals surface area contributed by atoms with E-state index in [-0.39, 0.29) is 16.5 Å². The van der Waals surface area contributed by atoms with Crippen molar-refractivity contribution in [2.45, 2.75) is 63.3 Å². The Morgan fingerprint density at radius 3 is 2.69 bits per heavy atom. The van der Waals surface area contributed by atoms with Crippen LogP contribution in [0.1, 0.15) is 62.7 Å². The molecule has 0 saturated heterocycles. The van der Waals surface area contributed by atoms with Crippen molar-refractivity contribution in [3.8, 4) is 0 Å². The normalized spacial score (nSPS) is 16.0. The Hall–Kier alpha value is -1.86. The fourth-order valence-electron chi connectivity index (χ4n) is 2.92. The number of carboxylic acid groups (broad SMARTS) is 1. The Labute approximate surface area is 155 Å². The van der Waals surface area contributed by atoms with Gasteiger partial charge in [-0.2, -0.15) is 0 Å². The van der Waals surface area contributed by atoms with Crippen LogP contribution >= 0.6 is 0 Å². The smallest absolute Gasteiger partial charge is 0.335 e. The molecule has 144 valence electrons. The lowest BCUT2D eigenvalue weighted by Gasteiger charge is -2.18. The van der Waals surface area contributed by atoms with E-state index in [0.29, 0.717) is 18.7 Å². The standard InChI is InChI=1S/C19H28N2O4S/c1-3-14(2)21-26(24,25)18-13-16(19(22)23)9-10-17(18)20-12-11-15-7-5-4-6-8-15/h7,9-10,13-14,20-21H,3-6,8,11-12H2,1-2H3,(H,22,23)/t14-/m0/s1. The molecule has 3 N–H and O–H groups in total. The van der Waals surface area contributed by atoms with Crippen molar-refractivity contribution >= 4 is 21.7 Å². The quantitative estimate of drug-likeness (QED) is 0.567. The Kier molecular flexibility index (Phi) is 7.23. The lowest BCUT2D eigenvalue weighted by Crippen LogP contribution is -2.32. The van der Waals surface area contributed by atoms with Gasteiger partial charge in [0.05, 0.1) is 11.3 Å². The Morgan fingerprint density at radius 2 is 2.08 bits per heavy atom. The first-order valence-electron chi connectivity index (χ1n) is 9.15. The molecule has 6 nitrogen and oxygen atoms in total. The van der Waals surface area contributed by atoms with Crippen LogP contribution in [0.5, 0.6) is 0 Å². The SMILES string of the molecule is CC[C@H](C)NS(=O)(=O)c1cc(C(=O)O)ccc1NCCC1=CCCCC1. The van der Waals surface area contributed by atoms with E-state index < -0.39 is 16.0 Å². The van der Waals surface area contributed by atoms with Gasteiger partial charge in [-0.05, 0) is 63.6 Å². The maximum Gasteiger partial charge on any atom is 0.335 e. The summed E-state index contributed by atoms with van der Waals surface area (Å²) in [6.07, 6.45) is 8.42. The molecule has 0 aromatic heterocycles. The number of allylic oxidation sites excluding steroid dienone is 1. The Balaban J connectivity index is 2.21. The highest BCUT2D eigenvalue weighted by Crippen LogP contribution is 2.25. The van der Waals surface area contributed by atoms with Crippen molar-refractivity contribution < 1.29 is 18.3 Å². The van der Waals surface area contributed by atoms with Gasteiger partial charge < -0.3 is 10.4 Å². The van der Waals surface area contributed by atoms with Gasteiger partial charge in [-0.3, -0.25) is 0 Å². The monoisotopic (exact) mass is 380 g/mol. The molecular weight excluding hydrogens is 352 g/mol. The summed E-state index contributed by atoms with van der Waals surface area (Å²) in [5.74, 6) is -1.15. The first-order chi connectivity index (χ1) is 12.3. The number of nitrogens with one attached hydrogen (secondary N) is 2. The predicted octanol–water partition coefficient (Wildman–Crippen LogP) is 3.76. The zero-order valence-electron chi connectivity index (χ0n) is 15.4. The lowest BCUT2D eigenvalue weighted by atomic mass is 9.97. The Bertz CT molecular complexity index is 772. The van der Waals surface area contributed by atoms with E-state index in [9.17, 15) is 18.3 Å². The van der Waals surface area contributed by atoms with Gasteiger partial charge in [-0.25, -0.2) is 17.9 Å². The molecule has 0 heterocycles. The minimum Gasteiger partial charge on any atom is -0.478 e. The van der Waals surface area contributed by atoms with Gasteiger partial charge in [-0.1, -0.05) is 18.6 Å². The third-order valence-corrected chi connectivity index (χ3v) is 6.26. The second-order valence-electron chi connectivity index (χ2n) is 6.73. The minimum absolute atomic E-state index is 0.0182. The first-order valence-corrected chi connectivity index (χ1v) is 10.6. The average molecular weight is 381 g/mol. The summed E-state index contributed by atoms with van der Waals surface area (Å²) in [5.41, 5.74) is 1.78. The summed E-state index contributed by atoms with van der Waals surface area (Å²) in [4.78, 5) is 11.2. The fourth-order valence-corrected chi connectivity index (χ4v) is 4.46. The maximum absolute atomic E-state index is 12.7. The molecule has 0 bridgehead atoms. The third kappa shape index (κ3) is 5.57. The van der Waals surface area contributed by atoms with E-state index in [4.69, 9.17) is 0 Å². The molecule has 1 aliphatic carbocycles. The van der Waals surface area contributed by atoms with Crippen LogP contribution in [0.25, 0.3) is 0 Å². The van der Waals surface area contributed by atoms with Crippen molar-refractivity contribution in [2.24, 2.45) is 0 Å². The maximum atomic E-state index is 12.7. The van der Waals surface area contributed by atoms with Crippen LogP contribution in [0.3, 0.4) is 0 Å². The van der Waals surface area contributed by atoms with Crippen molar-refractivity contribution in [1.82, 2.24) is 4.72 Å². The summed E-state index contributed by atoms with van der Waals surface area (Å²) < 4.78 is 28.0. The molecule has 2 rings (SSSR count). The van der Waals surface area contributed by atoms with E-state index in [2.05, 4.69) is 16.1 Å². The minimum atomic E-state index is -3.80. The third-order valence-electron chi connectivity index (χ3n) is 4.63. The van der Waals surface area contributed by atoms with Gasteiger partial charge in [0.2, 0.25) is 10.0 Å². The number of carboxylic acids is 1. The number of rotatable bonds is 9. The number of hydrogen-bond donors (Lipinski definition) is 3. The number of benzene rings is 1. The van der Waals surface area contributed by atoms with Crippen LogP contribution in [0.4, 0.5) is 5.69 Å². The second kappa shape index (κ2) is 9.19. The molecule has 7 heteroatoms. The molecular formula is C19H28N2O4S. The van der Waals surface area contributed by atoms with Crippen LogP contribution < -0.4 is 10.0 Å². The number of aromatic carboxylic acids is 1. The highest BCUT2D eigenvalue weighted by molar-refractivity contribution is 7.89. The van der Waals surface area contributed by atoms with E-state index in [0.717, 1.165) is 19.3 Å². The van der Waals surface area contributed by atoms with E-state index in [1.165, 1.54) is 36.6 Å². The Morgan fingerprint density at radius 1 is 1.31 bits per heavy atom. The topological polar surface area (TPSA) is 95.5 Å². The molecule has 0 saturated carbocycles. The van der Waals surface area contributed by atoms with Gasteiger partial charge in [0, 0.05) is 12.6 Å². The number of carbonyl (C=O) groups is 1. The molecule has 0 spiro atoms. The van der Waals surface area contributed by atoms with Gasteiger partial charge in [0.1, 0.15) is 4.90 Å². The van der Waals surface area contributed by atoms with Crippen molar-refractivity contribution in [1.29, 1.82) is 0 Å². The van der Waals surface area contributed by atoms with Crippen LogP contribution in [-0.4, -0.2) is 32.1 Å². The van der Waals surface area contributed by atoms with E-state index in [1.54, 1.807) is 6.92 Å². The van der Waals surface area contributed by atoms with Gasteiger partial charge in [-0.15, -0.1) is 0 Å².